The van der Waals surface area contributed by atoms with Crippen molar-refractivity contribution in [3.63, 3.8) is 0 Å². The van der Waals surface area contributed by atoms with E-state index in [1.165, 1.54) is 0 Å². The number of anilines is 1. The molecule has 0 aliphatic heterocycles. The predicted molar refractivity (Wildman–Crippen MR) is 77.5 cm³/mol. The molecule has 0 atom stereocenters. The van der Waals surface area contributed by atoms with Gasteiger partial charge in [0.15, 0.2) is 0 Å². The van der Waals surface area contributed by atoms with E-state index in [4.69, 9.17) is 4.74 Å². The van der Waals surface area contributed by atoms with Crippen LogP contribution in [0.5, 0.6) is 0 Å². The molecule has 1 aromatic heterocycles. The van der Waals surface area contributed by atoms with Crippen molar-refractivity contribution < 1.29 is 14.6 Å². The first-order valence-electron chi connectivity index (χ1n) is 6.38. The van der Waals surface area contributed by atoms with E-state index in [9.17, 15) is 9.90 Å². The summed E-state index contributed by atoms with van der Waals surface area (Å²) in [5.41, 5.74) is 1.22. The summed E-state index contributed by atoms with van der Waals surface area (Å²) in [4.78, 5) is 16.1. The van der Waals surface area contributed by atoms with Crippen molar-refractivity contribution in [3.05, 3.63) is 36.0 Å². The molecule has 2 rings (SSSR count). The standard InChI is InChI=1S/C15H18N2O3/c1-15(2,3)20-14(19)17-13-8-10(9-18)16-12-7-5-4-6-11(12)13/h4-8,18H,9H2,1-3H3,(H,16,17,19). The van der Waals surface area contributed by atoms with Gasteiger partial charge in [-0.2, -0.15) is 0 Å². The van der Waals surface area contributed by atoms with Crippen molar-refractivity contribution in [1.82, 2.24) is 4.98 Å². The zero-order chi connectivity index (χ0) is 14.8. The molecule has 0 spiro atoms. The van der Waals surface area contributed by atoms with Crippen LogP contribution in [0.4, 0.5) is 10.5 Å². The van der Waals surface area contributed by atoms with E-state index in [0.717, 1.165) is 5.39 Å². The monoisotopic (exact) mass is 274 g/mol. The molecule has 5 heteroatoms. The molecule has 2 aromatic rings. The van der Waals surface area contributed by atoms with Crippen molar-refractivity contribution in [2.75, 3.05) is 5.32 Å². The number of aromatic nitrogens is 1. The van der Waals surface area contributed by atoms with Crippen LogP contribution in [-0.4, -0.2) is 21.8 Å². The summed E-state index contributed by atoms with van der Waals surface area (Å²) in [6, 6.07) is 9.05. The number of amides is 1. The highest BCUT2D eigenvalue weighted by molar-refractivity contribution is 5.98. The van der Waals surface area contributed by atoms with E-state index in [-0.39, 0.29) is 6.61 Å². The number of hydrogen-bond acceptors (Lipinski definition) is 4. The van der Waals surface area contributed by atoms with Crippen molar-refractivity contribution in [3.8, 4) is 0 Å². The first-order chi connectivity index (χ1) is 9.39. The van der Waals surface area contributed by atoms with Gasteiger partial charge in [-0.3, -0.25) is 10.3 Å². The van der Waals surface area contributed by atoms with Gasteiger partial charge in [-0.15, -0.1) is 0 Å². The van der Waals surface area contributed by atoms with Crippen molar-refractivity contribution in [1.29, 1.82) is 0 Å². The lowest BCUT2D eigenvalue weighted by Gasteiger charge is -2.20. The predicted octanol–water partition coefficient (Wildman–Crippen LogP) is 3.07. The van der Waals surface area contributed by atoms with E-state index in [0.29, 0.717) is 16.9 Å². The number of fused-ring (bicyclic) bond motifs is 1. The van der Waals surface area contributed by atoms with Gasteiger partial charge in [0.1, 0.15) is 5.60 Å². The third-order valence-electron chi connectivity index (χ3n) is 2.57. The molecule has 0 radical (unpaired) electrons. The Labute approximate surface area is 117 Å². The number of carbonyl (C=O) groups is 1. The third-order valence-corrected chi connectivity index (χ3v) is 2.57. The molecule has 1 aromatic carbocycles. The number of nitrogens with one attached hydrogen (secondary N) is 1. The number of rotatable bonds is 2. The molecule has 1 heterocycles. The molecule has 0 bridgehead atoms. The highest BCUT2D eigenvalue weighted by atomic mass is 16.6. The Hall–Kier alpha value is -2.14. The van der Waals surface area contributed by atoms with Gasteiger partial charge in [-0.1, -0.05) is 18.2 Å². The molecule has 0 aliphatic rings. The molecule has 0 fully saturated rings. The lowest BCUT2D eigenvalue weighted by Crippen LogP contribution is -2.27. The summed E-state index contributed by atoms with van der Waals surface area (Å²) in [5, 5.41) is 12.7. The van der Waals surface area contributed by atoms with Gasteiger partial charge >= 0.3 is 6.09 Å². The van der Waals surface area contributed by atoms with Gasteiger partial charge in [-0.05, 0) is 32.9 Å². The molecule has 0 saturated carbocycles. The minimum Gasteiger partial charge on any atom is -0.444 e. The first kappa shape index (κ1) is 14.3. The lowest BCUT2D eigenvalue weighted by atomic mass is 10.1. The van der Waals surface area contributed by atoms with Gasteiger partial charge < -0.3 is 9.84 Å². The summed E-state index contributed by atoms with van der Waals surface area (Å²) in [7, 11) is 0. The molecule has 0 saturated heterocycles. The number of benzene rings is 1. The van der Waals surface area contributed by atoms with Gasteiger partial charge in [0.05, 0.1) is 23.5 Å². The van der Waals surface area contributed by atoms with Crippen molar-refractivity contribution in [2.45, 2.75) is 33.0 Å². The molecule has 106 valence electrons. The molecule has 0 aliphatic carbocycles. The zero-order valence-electron chi connectivity index (χ0n) is 11.8. The molecule has 2 N–H and O–H groups in total. The van der Waals surface area contributed by atoms with Crippen molar-refractivity contribution >= 4 is 22.7 Å². The van der Waals surface area contributed by atoms with E-state index < -0.39 is 11.7 Å². The number of ether oxygens (including phenoxy) is 1. The first-order valence-corrected chi connectivity index (χ1v) is 6.38. The third kappa shape index (κ3) is 3.45. The van der Waals surface area contributed by atoms with E-state index >= 15 is 0 Å². The Morgan fingerprint density at radius 3 is 2.70 bits per heavy atom. The lowest BCUT2D eigenvalue weighted by molar-refractivity contribution is 0.0636. The van der Waals surface area contributed by atoms with Crippen LogP contribution in [0.2, 0.25) is 0 Å². The maximum atomic E-state index is 11.9. The number of para-hydroxylation sites is 1. The van der Waals surface area contributed by atoms with Crippen LogP contribution in [0.15, 0.2) is 30.3 Å². The van der Waals surface area contributed by atoms with Crippen LogP contribution in [0, 0.1) is 0 Å². The van der Waals surface area contributed by atoms with E-state index in [2.05, 4.69) is 10.3 Å². The summed E-state index contributed by atoms with van der Waals surface area (Å²) in [6.45, 7) is 5.22. The largest absolute Gasteiger partial charge is 0.444 e. The van der Waals surface area contributed by atoms with Crippen LogP contribution in [0.3, 0.4) is 0 Å². The van der Waals surface area contributed by atoms with Gasteiger partial charge in [0.25, 0.3) is 0 Å². The normalized spacial score (nSPS) is 11.4. The highest BCUT2D eigenvalue weighted by Crippen LogP contribution is 2.23. The van der Waals surface area contributed by atoms with Crippen LogP contribution in [0.1, 0.15) is 26.5 Å². The minimum atomic E-state index is -0.563. The van der Waals surface area contributed by atoms with Crippen LogP contribution in [0.25, 0.3) is 10.9 Å². The molecular weight excluding hydrogens is 256 g/mol. The average Bonchev–Trinajstić information content (AvgIpc) is 2.36. The van der Waals surface area contributed by atoms with E-state index in [1.54, 1.807) is 26.8 Å². The zero-order valence-corrected chi connectivity index (χ0v) is 11.8. The second kappa shape index (κ2) is 5.46. The molecule has 0 unspecified atom stereocenters. The number of carbonyl (C=O) groups excluding carboxylic acids is 1. The summed E-state index contributed by atoms with van der Waals surface area (Å²) in [5.74, 6) is 0. The van der Waals surface area contributed by atoms with E-state index in [1.807, 2.05) is 24.3 Å². The Kier molecular flexibility index (Phi) is 3.90. The second-order valence-electron chi connectivity index (χ2n) is 5.46. The average molecular weight is 274 g/mol. The molecule has 20 heavy (non-hydrogen) atoms. The fourth-order valence-electron chi connectivity index (χ4n) is 1.83. The minimum absolute atomic E-state index is 0.187. The maximum Gasteiger partial charge on any atom is 0.412 e. The number of nitrogens with zero attached hydrogens (tertiary/aromatic N) is 1. The summed E-state index contributed by atoms with van der Waals surface area (Å²) in [6.07, 6.45) is -0.530. The summed E-state index contributed by atoms with van der Waals surface area (Å²) < 4.78 is 5.23. The Bertz CT molecular complexity index is 633. The number of pyridine rings is 1. The fourth-order valence-corrected chi connectivity index (χ4v) is 1.83. The van der Waals surface area contributed by atoms with Crippen LogP contribution in [-0.2, 0) is 11.3 Å². The van der Waals surface area contributed by atoms with Gasteiger partial charge in [0.2, 0.25) is 0 Å². The maximum absolute atomic E-state index is 11.9. The molecule has 5 nitrogen and oxygen atoms in total. The van der Waals surface area contributed by atoms with Crippen LogP contribution >= 0.6 is 0 Å². The molecular formula is C15H18N2O3. The second-order valence-corrected chi connectivity index (χ2v) is 5.46. The highest BCUT2D eigenvalue weighted by Gasteiger charge is 2.17. The van der Waals surface area contributed by atoms with Gasteiger partial charge in [0, 0.05) is 5.39 Å². The topological polar surface area (TPSA) is 71.5 Å². The number of hydrogen-bond donors (Lipinski definition) is 2. The SMILES string of the molecule is CC(C)(C)OC(=O)Nc1cc(CO)nc2ccccc12. The number of aliphatic hydroxyl groups excluding tert-OH is 1. The number of aliphatic hydroxyl groups is 1. The quantitative estimate of drug-likeness (QED) is 0.882. The Morgan fingerprint density at radius 2 is 2.05 bits per heavy atom. The smallest absolute Gasteiger partial charge is 0.412 e. The molecule has 1 amide bonds. The van der Waals surface area contributed by atoms with Crippen molar-refractivity contribution in [2.24, 2.45) is 0 Å². The van der Waals surface area contributed by atoms with Crippen LogP contribution < -0.4 is 5.32 Å². The Balaban J connectivity index is 2.35. The van der Waals surface area contributed by atoms with Gasteiger partial charge in [-0.25, -0.2) is 4.79 Å². The summed E-state index contributed by atoms with van der Waals surface area (Å²) >= 11 is 0. The Morgan fingerprint density at radius 1 is 1.35 bits per heavy atom. The fraction of sp³-hybridized carbons (Fsp3) is 0.333.